The molecule has 6 heteroatoms. The van der Waals surface area contributed by atoms with Gasteiger partial charge in [0.05, 0.1) is 12.6 Å². The summed E-state index contributed by atoms with van der Waals surface area (Å²) in [6, 6.07) is 4.54. The van der Waals surface area contributed by atoms with Crippen LogP contribution in [0.15, 0.2) is 22.7 Å². The fraction of sp³-hybridized carbons (Fsp3) is 0.500. The number of hydrogen-bond donors (Lipinski definition) is 1. The van der Waals surface area contributed by atoms with Gasteiger partial charge in [-0.2, -0.15) is 4.98 Å². The van der Waals surface area contributed by atoms with Crippen LogP contribution >= 0.6 is 0 Å². The predicted molar refractivity (Wildman–Crippen MR) is 80.0 cm³/mol. The van der Waals surface area contributed by atoms with Crippen LogP contribution in [0.5, 0.6) is 0 Å². The van der Waals surface area contributed by atoms with Crippen molar-refractivity contribution in [1.82, 2.24) is 10.1 Å². The number of fused-ring (bicyclic) bond motifs is 1. The Bertz CT molecular complexity index is 657. The zero-order valence-corrected chi connectivity index (χ0v) is 12.8. The van der Waals surface area contributed by atoms with Crippen LogP contribution in [0.2, 0.25) is 0 Å². The number of halogens is 1. The first-order valence-electron chi connectivity index (χ1n) is 7.59. The monoisotopic (exact) mass is 305 g/mol. The van der Waals surface area contributed by atoms with Crippen molar-refractivity contribution in [2.24, 2.45) is 0 Å². The van der Waals surface area contributed by atoms with E-state index in [1.165, 1.54) is 12.1 Å². The van der Waals surface area contributed by atoms with E-state index in [1.807, 2.05) is 13.8 Å². The Labute approximate surface area is 128 Å². The summed E-state index contributed by atoms with van der Waals surface area (Å²) in [5.41, 5.74) is 1.47. The van der Waals surface area contributed by atoms with E-state index < -0.39 is 6.10 Å². The van der Waals surface area contributed by atoms with Crippen LogP contribution in [-0.2, 0) is 6.54 Å². The molecular formula is C16H20FN3O2. The Morgan fingerprint density at radius 3 is 3.00 bits per heavy atom. The molecule has 1 unspecified atom stereocenters. The predicted octanol–water partition coefficient (Wildman–Crippen LogP) is 3.17. The molecule has 0 radical (unpaired) electrons. The first-order valence-corrected chi connectivity index (χ1v) is 7.59. The first-order chi connectivity index (χ1) is 10.5. The van der Waals surface area contributed by atoms with Gasteiger partial charge in [-0.25, -0.2) is 4.39 Å². The number of rotatable bonds is 3. The highest BCUT2D eigenvalue weighted by Gasteiger charge is 2.23. The van der Waals surface area contributed by atoms with Crippen LogP contribution in [0, 0.1) is 5.82 Å². The zero-order valence-electron chi connectivity index (χ0n) is 12.8. The maximum absolute atomic E-state index is 13.5. The maximum Gasteiger partial charge on any atom is 0.229 e. The van der Waals surface area contributed by atoms with Crippen LogP contribution < -0.4 is 4.90 Å². The minimum absolute atomic E-state index is 0.189. The van der Waals surface area contributed by atoms with Crippen molar-refractivity contribution >= 4 is 5.69 Å². The number of anilines is 1. The molecule has 0 spiro atoms. The minimum atomic E-state index is -0.632. The fourth-order valence-electron chi connectivity index (χ4n) is 2.73. The summed E-state index contributed by atoms with van der Waals surface area (Å²) in [5.74, 6) is 1.08. The third kappa shape index (κ3) is 2.97. The molecular weight excluding hydrogens is 285 g/mol. The lowest BCUT2D eigenvalue weighted by atomic mass is 10.0. The van der Waals surface area contributed by atoms with E-state index in [-0.39, 0.29) is 11.7 Å². The number of aromatic nitrogens is 2. The molecule has 1 aromatic heterocycles. The average molecular weight is 305 g/mol. The van der Waals surface area contributed by atoms with Gasteiger partial charge < -0.3 is 14.5 Å². The van der Waals surface area contributed by atoms with Gasteiger partial charge in [-0.05, 0) is 31.0 Å². The van der Waals surface area contributed by atoms with Gasteiger partial charge in [0.25, 0.3) is 0 Å². The largest absolute Gasteiger partial charge is 0.388 e. The number of benzene rings is 1. The molecule has 0 fully saturated rings. The molecule has 0 saturated heterocycles. The van der Waals surface area contributed by atoms with E-state index in [9.17, 15) is 9.50 Å². The van der Waals surface area contributed by atoms with Gasteiger partial charge in [0, 0.05) is 23.7 Å². The number of nitrogens with zero attached hydrogens (tertiary/aromatic N) is 3. The zero-order chi connectivity index (χ0) is 15.7. The Morgan fingerprint density at radius 2 is 2.27 bits per heavy atom. The third-order valence-electron chi connectivity index (χ3n) is 3.90. The molecule has 0 amide bonds. The normalized spacial score (nSPS) is 18.4. The van der Waals surface area contributed by atoms with Crippen LogP contribution in [0.25, 0.3) is 0 Å². The summed E-state index contributed by atoms with van der Waals surface area (Å²) in [6.45, 7) is 5.25. The minimum Gasteiger partial charge on any atom is -0.388 e. The number of aliphatic hydroxyl groups excluding tert-OH is 1. The molecule has 22 heavy (non-hydrogen) atoms. The molecule has 1 aromatic carbocycles. The van der Waals surface area contributed by atoms with E-state index >= 15 is 0 Å². The van der Waals surface area contributed by atoms with Crippen molar-refractivity contribution in [3.63, 3.8) is 0 Å². The van der Waals surface area contributed by atoms with Crippen LogP contribution in [-0.4, -0.2) is 21.8 Å². The van der Waals surface area contributed by atoms with E-state index in [4.69, 9.17) is 4.52 Å². The molecule has 5 nitrogen and oxygen atoms in total. The molecule has 1 aliphatic heterocycles. The molecule has 2 heterocycles. The molecule has 3 rings (SSSR count). The van der Waals surface area contributed by atoms with Crippen molar-refractivity contribution in [3.8, 4) is 0 Å². The summed E-state index contributed by atoms with van der Waals surface area (Å²) in [7, 11) is 0. The fourth-order valence-corrected chi connectivity index (χ4v) is 2.73. The second-order valence-corrected chi connectivity index (χ2v) is 5.99. The van der Waals surface area contributed by atoms with Gasteiger partial charge in [-0.1, -0.05) is 19.0 Å². The summed E-state index contributed by atoms with van der Waals surface area (Å²) in [6.07, 6.45) is 0.815. The molecule has 118 valence electrons. The summed E-state index contributed by atoms with van der Waals surface area (Å²) in [5, 5.41) is 14.2. The van der Waals surface area contributed by atoms with Crippen LogP contribution in [0.3, 0.4) is 0 Å². The number of aliphatic hydroxyl groups is 1. The molecule has 1 N–H and O–H groups in total. The lowest BCUT2D eigenvalue weighted by Gasteiger charge is -2.23. The van der Waals surface area contributed by atoms with E-state index in [0.717, 1.165) is 18.7 Å². The molecule has 1 aliphatic rings. The third-order valence-corrected chi connectivity index (χ3v) is 3.90. The van der Waals surface area contributed by atoms with E-state index in [1.54, 1.807) is 6.07 Å². The quantitative estimate of drug-likeness (QED) is 0.943. The maximum atomic E-state index is 13.5. The van der Waals surface area contributed by atoms with Gasteiger partial charge in [0.15, 0.2) is 5.82 Å². The molecule has 0 saturated carbocycles. The Morgan fingerprint density at radius 1 is 1.45 bits per heavy atom. The highest BCUT2D eigenvalue weighted by molar-refractivity contribution is 5.55. The molecule has 0 bridgehead atoms. The van der Waals surface area contributed by atoms with Gasteiger partial charge in [0.2, 0.25) is 5.89 Å². The SMILES string of the molecule is CC(C)c1nc(CN2CCCC(O)c3cc(F)ccc32)no1. The molecule has 0 aliphatic carbocycles. The average Bonchev–Trinajstić information content (AvgIpc) is 2.89. The molecule has 1 atom stereocenters. The highest BCUT2D eigenvalue weighted by atomic mass is 19.1. The van der Waals surface area contributed by atoms with Crippen molar-refractivity contribution < 1.29 is 14.0 Å². The van der Waals surface area contributed by atoms with Crippen molar-refractivity contribution in [2.75, 3.05) is 11.4 Å². The Kier molecular flexibility index (Phi) is 4.11. The first kappa shape index (κ1) is 15.0. The van der Waals surface area contributed by atoms with Gasteiger partial charge in [-0.15, -0.1) is 0 Å². The van der Waals surface area contributed by atoms with Gasteiger partial charge >= 0.3 is 0 Å². The molecule has 2 aromatic rings. The Balaban J connectivity index is 1.88. The van der Waals surface area contributed by atoms with Crippen molar-refractivity contribution in [3.05, 3.63) is 41.3 Å². The van der Waals surface area contributed by atoms with E-state index in [0.29, 0.717) is 30.2 Å². The standard InChI is InChI=1S/C16H20FN3O2/c1-10(2)16-18-15(19-22-16)9-20-7-3-4-14(21)12-8-11(17)5-6-13(12)20/h5-6,8,10,14,21H,3-4,7,9H2,1-2H3. The number of hydrogen-bond acceptors (Lipinski definition) is 5. The summed E-state index contributed by atoms with van der Waals surface area (Å²) >= 11 is 0. The second-order valence-electron chi connectivity index (χ2n) is 5.99. The van der Waals surface area contributed by atoms with Gasteiger partial charge in [-0.3, -0.25) is 0 Å². The second kappa shape index (κ2) is 6.04. The smallest absolute Gasteiger partial charge is 0.229 e. The van der Waals surface area contributed by atoms with E-state index in [2.05, 4.69) is 15.0 Å². The summed E-state index contributed by atoms with van der Waals surface area (Å²) in [4.78, 5) is 6.46. The lowest BCUT2D eigenvalue weighted by molar-refractivity contribution is 0.168. The highest BCUT2D eigenvalue weighted by Crippen LogP contribution is 2.34. The Hall–Kier alpha value is -1.95. The lowest BCUT2D eigenvalue weighted by Crippen LogP contribution is -2.24. The van der Waals surface area contributed by atoms with Crippen molar-refractivity contribution in [2.45, 2.75) is 45.3 Å². The van der Waals surface area contributed by atoms with Crippen LogP contribution in [0.1, 0.15) is 56.0 Å². The van der Waals surface area contributed by atoms with Crippen molar-refractivity contribution in [1.29, 1.82) is 0 Å². The summed E-state index contributed by atoms with van der Waals surface area (Å²) < 4.78 is 18.7. The van der Waals surface area contributed by atoms with Crippen LogP contribution in [0.4, 0.5) is 10.1 Å². The topological polar surface area (TPSA) is 62.4 Å². The van der Waals surface area contributed by atoms with Gasteiger partial charge in [0.1, 0.15) is 5.82 Å².